The van der Waals surface area contributed by atoms with Crippen LogP contribution in [-0.2, 0) is 9.53 Å². The van der Waals surface area contributed by atoms with E-state index in [1.54, 1.807) is 57.4 Å². The highest BCUT2D eigenvalue weighted by Gasteiger charge is 2.35. The first-order chi connectivity index (χ1) is 13.4. The van der Waals surface area contributed by atoms with Crippen LogP contribution in [-0.4, -0.2) is 30.3 Å². The summed E-state index contributed by atoms with van der Waals surface area (Å²) in [6.07, 6.45) is -0.334. The van der Waals surface area contributed by atoms with Gasteiger partial charge in [0.05, 0.1) is 30.5 Å². The number of rotatable bonds is 5. The van der Waals surface area contributed by atoms with Gasteiger partial charge < -0.3 is 25.2 Å². The van der Waals surface area contributed by atoms with Crippen molar-refractivity contribution in [3.05, 3.63) is 65.2 Å². The van der Waals surface area contributed by atoms with Crippen molar-refractivity contribution < 1.29 is 24.2 Å². The number of benzene rings is 2. The third-order valence-electron chi connectivity index (χ3n) is 4.22. The maximum absolute atomic E-state index is 12.9. The van der Waals surface area contributed by atoms with Gasteiger partial charge in [-0.2, -0.15) is 0 Å². The minimum Gasteiger partial charge on any atom is -0.508 e. The zero-order valence-electron chi connectivity index (χ0n) is 15.9. The van der Waals surface area contributed by atoms with Crippen molar-refractivity contribution in [2.75, 3.05) is 7.11 Å². The van der Waals surface area contributed by atoms with Crippen LogP contribution < -0.4 is 15.4 Å². The second kappa shape index (κ2) is 8.04. The second-order valence-corrected chi connectivity index (χ2v) is 6.60. The number of methoxy groups -OCH3 is 1. The van der Waals surface area contributed by atoms with Crippen molar-refractivity contribution in [3.63, 3.8) is 0 Å². The molecule has 28 heavy (non-hydrogen) atoms. The summed E-state index contributed by atoms with van der Waals surface area (Å²) in [4.78, 5) is 25.3. The third-order valence-corrected chi connectivity index (χ3v) is 4.22. The number of ether oxygens (including phenoxy) is 2. The topological polar surface area (TPSA) is 96.9 Å². The molecule has 0 fully saturated rings. The molecule has 1 heterocycles. The van der Waals surface area contributed by atoms with Gasteiger partial charge in [-0.1, -0.05) is 12.1 Å². The number of esters is 1. The van der Waals surface area contributed by atoms with Crippen molar-refractivity contribution in [1.82, 2.24) is 10.6 Å². The molecule has 2 aromatic carbocycles. The monoisotopic (exact) mass is 382 g/mol. The number of hydrogen-bond acceptors (Lipinski definition) is 5. The number of phenols is 1. The van der Waals surface area contributed by atoms with E-state index in [1.807, 2.05) is 0 Å². The maximum Gasteiger partial charge on any atom is 0.338 e. The molecule has 7 nitrogen and oxygen atoms in total. The summed E-state index contributed by atoms with van der Waals surface area (Å²) in [6.45, 7) is 3.51. The van der Waals surface area contributed by atoms with E-state index in [4.69, 9.17) is 9.47 Å². The lowest BCUT2D eigenvalue weighted by atomic mass is 9.92. The number of aromatic hydroxyl groups is 1. The lowest BCUT2D eigenvalue weighted by Gasteiger charge is -2.30. The summed E-state index contributed by atoms with van der Waals surface area (Å²) < 4.78 is 10.6. The van der Waals surface area contributed by atoms with Crippen molar-refractivity contribution in [2.45, 2.75) is 26.0 Å². The first-order valence-corrected chi connectivity index (χ1v) is 8.85. The van der Waals surface area contributed by atoms with Gasteiger partial charge in [-0.25, -0.2) is 9.59 Å². The van der Waals surface area contributed by atoms with Crippen LogP contribution in [0.15, 0.2) is 54.1 Å². The molecule has 0 aliphatic carbocycles. The number of carbonyl (C=O) groups is 2. The van der Waals surface area contributed by atoms with Gasteiger partial charge >= 0.3 is 12.0 Å². The highest BCUT2D eigenvalue weighted by Crippen LogP contribution is 2.33. The van der Waals surface area contributed by atoms with Gasteiger partial charge in [0, 0.05) is 0 Å². The SMILES string of the molecule is COc1ccc(C2=C(C(=O)OC(C)C)C(c3cccc(O)c3)NC(=O)N2)cc1. The number of amides is 2. The van der Waals surface area contributed by atoms with Gasteiger partial charge in [-0.3, -0.25) is 0 Å². The van der Waals surface area contributed by atoms with Gasteiger partial charge in [-0.05, 0) is 61.4 Å². The van der Waals surface area contributed by atoms with Gasteiger partial charge in [-0.15, -0.1) is 0 Å². The van der Waals surface area contributed by atoms with E-state index in [-0.39, 0.29) is 17.4 Å². The number of phenolic OH excluding ortho intramolecular Hbond substituents is 1. The summed E-state index contributed by atoms with van der Waals surface area (Å²) >= 11 is 0. The van der Waals surface area contributed by atoms with E-state index >= 15 is 0 Å². The molecule has 3 rings (SSSR count). The molecule has 2 aromatic rings. The minimum atomic E-state index is -0.774. The number of hydrogen-bond donors (Lipinski definition) is 3. The van der Waals surface area contributed by atoms with E-state index in [2.05, 4.69) is 10.6 Å². The molecule has 0 spiro atoms. The zero-order valence-corrected chi connectivity index (χ0v) is 15.9. The highest BCUT2D eigenvalue weighted by atomic mass is 16.5. The smallest absolute Gasteiger partial charge is 0.338 e. The predicted molar refractivity (Wildman–Crippen MR) is 104 cm³/mol. The molecule has 1 aliphatic rings. The van der Waals surface area contributed by atoms with Crippen LogP contribution in [0.25, 0.3) is 5.70 Å². The normalized spacial score (nSPS) is 16.4. The lowest BCUT2D eigenvalue weighted by Crippen LogP contribution is -2.45. The Labute approximate surface area is 163 Å². The van der Waals surface area contributed by atoms with Crippen LogP contribution in [0.4, 0.5) is 4.79 Å². The predicted octanol–water partition coefficient (Wildman–Crippen LogP) is 3.12. The molecule has 1 aliphatic heterocycles. The van der Waals surface area contributed by atoms with Crippen molar-refractivity contribution in [1.29, 1.82) is 0 Å². The molecule has 1 atom stereocenters. The molecule has 7 heteroatoms. The summed E-state index contributed by atoms with van der Waals surface area (Å²) in [7, 11) is 1.56. The van der Waals surface area contributed by atoms with Crippen molar-refractivity contribution in [3.8, 4) is 11.5 Å². The Balaban J connectivity index is 2.16. The van der Waals surface area contributed by atoms with Crippen molar-refractivity contribution in [2.24, 2.45) is 0 Å². The Morgan fingerprint density at radius 2 is 1.86 bits per heavy atom. The Bertz CT molecular complexity index is 919. The molecule has 2 amide bonds. The van der Waals surface area contributed by atoms with Gasteiger partial charge in [0.2, 0.25) is 0 Å². The average Bonchev–Trinajstić information content (AvgIpc) is 2.66. The van der Waals surface area contributed by atoms with E-state index < -0.39 is 18.0 Å². The molecule has 0 saturated heterocycles. The van der Waals surface area contributed by atoms with Gasteiger partial charge in [0.25, 0.3) is 0 Å². The van der Waals surface area contributed by atoms with Crippen LogP contribution >= 0.6 is 0 Å². The second-order valence-electron chi connectivity index (χ2n) is 6.60. The average molecular weight is 382 g/mol. The van der Waals surface area contributed by atoms with Crippen LogP contribution in [0, 0.1) is 0 Å². The molecule has 146 valence electrons. The lowest BCUT2D eigenvalue weighted by molar-refractivity contribution is -0.143. The third kappa shape index (κ3) is 4.09. The van der Waals surface area contributed by atoms with Crippen LogP contribution in [0.2, 0.25) is 0 Å². The Morgan fingerprint density at radius 3 is 2.46 bits per heavy atom. The van der Waals surface area contributed by atoms with Gasteiger partial charge in [0.15, 0.2) is 0 Å². The first kappa shape index (κ1) is 19.3. The number of urea groups is 1. The first-order valence-electron chi connectivity index (χ1n) is 8.85. The minimum absolute atomic E-state index is 0.0351. The molecule has 0 aromatic heterocycles. The van der Waals surface area contributed by atoms with E-state index in [1.165, 1.54) is 12.1 Å². The summed E-state index contributed by atoms with van der Waals surface area (Å²) in [5.74, 6) is 0.134. The molecule has 0 radical (unpaired) electrons. The Kier molecular flexibility index (Phi) is 5.54. The molecule has 1 unspecified atom stereocenters. The molecule has 3 N–H and O–H groups in total. The zero-order chi connectivity index (χ0) is 20.3. The standard InChI is InChI=1S/C21H22N2O5/c1-12(2)28-20(25)17-18(13-7-9-16(27-3)10-8-13)22-21(26)23-19(17)14-5-4-6-15(24)11-14/h4-12,19,24H,1-3H3,(H2,22,23,26). The molecular formula is C21H22N2O5. The van der Waals surface area contributed by atoms with Crippen LogP contribution in [0.1, 0.15) is 31.0 Å². The fraction of sp³-hybridized carbons (Fsp3) is 0.238. The highest BCUT2D eigenvalue weighted by molar-refractivity contribution is 6.04. The molecular weight excluding hydrogens is 360 g/mol. The van der Waals surface area contributed by atoms with Crippen LogP contribution in [0.3, 0.4) is 0 Å². The maximum atomic E-state index is 12.9. The summed E-state index contributed by atoms with van der Waals surface area (Å²) in [5.41, 5.74) is 1.81. The van der Waals surface area contributed by atoms with E-state index in [0.29, 0.717) is 22.6 Å². The molecule has 0 saturated carbocycles. The quantitative estimate of drug-likeness (QED) is 0.691. The Morgan fingerprint density at radius 1 is 1.14 bits per heavy atom. The summed E-state index contributed by atoms with van der Waals surface area (Å²) in [5, 5.41) is 15.3. The number of carbonyl (C=O) groups excluding carboxylic acids is 2. The number of nitrogens with one attached hydrogen (secondary N) is 2. The van der Waals surface area contributed by atoms with E-state index in [0.717, 1.165) is 0 Å². The van der Waals surface area contributed by atoms with Crippen LogP contribution in [0.5, 0.6) is 11.5 Å². The Hall–Kier alpha value is -3.48. The van der Waals surface area contributed by atoms with Gasteiger partial charge in [0.1, 0.15) is 11.5 Å². The molecule has 0 bridgehead atoms. The largest absolute Gasteiger partial charge is 0.508 e. The fourth-order valence-corrected chi connectivity index (χ4v) is 3.00. The van der Waals surface area contributed by atoms with Crippen molar-refractivity contribution >= 4 is 17.7 Å². The fourth-order valence-electron chi connectivity index (χ4n) is 3.00. The van der Waals surface area contributed by atoms with E-state index in [9.17, 15) is 14.7 Å². The summed E-state index contributed by atoms with van der Waals surface area (Å²) in [6, 6.07) is 12.2.